The number of aliphatic hydroxyl groups excluding tert-OH is 1. The Morgan fingerprint density at radius 3 is 2.28 bits per heavy atom. The van der Waals surface area contributed by atoms with Gasteiger partial charge in [-0.3, -0.25) is 0 Å². The van der Waals surface area contributed by atoms with E-state index >= 15 is 0 Å². The first-order valence-electron chi connectivity index (χ1n) is 7.17. The molecule has 0 amide bonds. The maximum absolute atomic E-state index is 13.4. The van der Waals surface area contributed by atoms with Gasteiger partial charge in [0.15, 0.2) is 9.84 Å². The Balaban J connectivity index is 2.60. The maximum atomic E-state index is 13.4. The van der Waals surface area contributed by atoms with E-state index in [1.54, 1.807) is 0 Å². The van der Waals surface area contributed by atoms with Crippen LogP contribution in [-0.2, 0) is 16.0 Å². The van der Waals surface area contributed by atoms with E-state index in [2.05, 4.69) is 4.98 Å². The molecule has 1 heterocycles. The minimum atomic E-state index is -4.66. The Morgan fingerprint density at radius 1 is 1.20 bits per heavy atom. The summed E-state index contributed by atoms with van der Waals surface area (Å²) in [4.78, 5) is 3.81. The third kappa shape index (κ3) is 4.70. The minimum Gasteiger partial charge on any atom is -0.474 e. The molecule has 0 radical (unpaired) electrons. The van der Waals surface area contributed by atoms with Gasteiger partial charge in [-0.2, -0.15) is 13.2 Å². The van der Waals surface area contributed by atoms with Gasteiger partial charge in [-0.05, 0) is 30.7 Å². The molecule has 1 atom stereocenters. The smallest absolute Gasteiger partial charge is 0.417 e. The van der Waals surface area contributed by atoms with Crippen molar-refractivity contribution in [2.75, 3.05) is 12.9 Å². The average molecular weight is 375 g/mol. The summed E-state index contributed by atoms with van der Waals surface area (Å²) in [5, 5.41) is 9.29. The summed E-state index contributed by atoms with van der Waals surface area (Å²) in [6.45, 7) is 1.19. The van der Waals surface area contributed by atoms with Gasteiger partial charge in [0.2, 0.25) is 5.88 Å². The van der Waals surface area contributed by atoms with Crippen LogP contribution in [0.5, 0.6) is 5.88 Å². The number of benzene rings is 1. The van der Waals surface area contributed by atoms with Crippen molar-refractivity contribution in [3.05, 3.63) is 42.1 Å². The standard InChI is InChI=1S/C16H16F3NO4S/c1-10(21)9-24-15-14(13(7-8-20-15)16(17,18)19)11-3-5-12(6-4-11)25(2,22)23/h3-8,10,21H,9H2,1-2H3. The summed E-state index contributed by atoms with van der Waals surface area (Å²) in [5.74, 6) is -0.289. The quantitative estimate of drug-likeness (QED) is 0.870. The Labute approximate surface area is 143 Å². The predicted molar refractivity (Wildman–Crippen MR) is 85.0 cm³/mol. The van der Waals surface area contributed by atoms with Gasteiger partial charge in [-0.1, -0.05) is 12.1 Å². The maximum Gasteiger partial charge on any atom is 0.417 e. The number of aliphatic hydroxyl groups is 1. The average Bonchev–Trinajstić information content (AvgIpc) is 2.51. The van der Waals surface area contributed by atoms with E-state index in [4.69, 9.17) is 4.74 Å². The molecule has 0 aliphatic carbocycles. The van der Waals surface area contributed by atoms with Crippen LogP contribution in [0.25, 0.3) is 11.1 Å². The number of hydrogen-bond donors (Lipinski definition) is 1. The third-order valence-electron chi connectivity index (χ3n) is 3.25. The predicted octanol–water partition coefficient (Wildman–Crippen LogP) is 2.93. The van der Waals surface area contributed by atoms with Crippen LogP contribution in [0.3, 0.4) is 0 Å². The first kappa shape index (κ1) is 19.2. The fourth-order valence-corrected chi connectivity index (χ4v) is 2.77. The van der Waals surface area contributed by atoms with Crippen LogP contribution < -0.4 is 4.74 Å². The number of ether oxygens (including phenoxy) is 1. The van der Waals surface area contributed by atoms with Gasteiger partial charge >= 0.3 is 6.18 Å². The summed E-state index contributed by atoms with van der Waals surface area (Å²) in [7, 11) is -3.47. The van der Waals surface area contributed by atoms with Crippen molar-refractivity contribution >= 4 is 9.84 Å². The molecular weight excluding hydrogens is 359 g/mol. The Hall–Kier alpha value is -2.13. The Kier molecular flexibility index (Phi) is 5.38. The number of rotatable bonds is 5. The van der Waals surface area contributed by atoms with Crippen LogP contribution in [0, 0.1) is 0 Å². The zero-order valence-corrected chi connectivity index (χ0v) is 14.2. The van der Waals surface area contributed by atoms with Crippen LogP contribution in [0.2, 0.25) is 0 Å². The van der Waals surface area contributed by atoms with Gasteiger partial charge < -0.3 is 9.84 Å². The van der Waals surface area contributed by atoms with Crippen molar-refractivity contribution < 1.29 is 31.4 Å². The molecule has 0 spiro atoms. The molecule has 9 heteroatoms. The molecule has 0 aliphatic rings. The van der Waals surface area contributed by atoms with E-state index in [1.807, 2.05) is 0 Å². The molecule has 136 valence electrons. The molecule has 0 bridgehead atoms. The molecule has 1 aromatic carbocycles. The number of halogens is 3. The first-order valence-corrected chi connectivity index (χ1v) is 9.07. The van der Waals surface area contributed by atoms with Crippen LogP contribution in [0.4, 0.5) is 13.2 Å². The summed E-state index contributed by atoms with van der Waals surface area (Å²) in [5.41, 5.74) is -1.17. The largest absolute Gasteiger partial charge is 0.474 e. The molecule has 0 saturated heterocycles. The fourth-order valence-electron chi connectivity index (χ4n) is 2.14. The molecule has 0 aliphatic heterocycles. The van der Waals surface area contributed by atoms with Crippen molar-refractivity contribution in [2.24, 2.45) is 0 Å². The second-order valence-electron chi connectivity index (χ2n) is 5.49. The van der Waals surface area contributed by atoms with Crippen molar-refractivity contribution in [1.82, 2.24) is 4.98 Å². The summed E-state index contributed by atoms with van der Waals surface area (Å²) in [6.07, 6.45) is -3.58. The number of alkyl halides is 3. The summed E-state index contributed by atoms with van der Waals surface area (Å²) in [6, 6.07) is 5.78. The number of pyridine rings is 1. The van der Waals surface area contributed by atoms with E-state index in [-0.39, 0.29) is 28.5 Å². The zero-order valence-electron chi connectivity index (χ0n) is 13.4. The fraction of sp³-hybridized carbons (Fsp3) is 0.312. The van der Waals surface area contributed by atoms with Crippen molar-refractivity contribution in [3.8, 4) is 17.0 Å². The molecule has 2 aromatic rings. The molecular formula is C16H16F3NO4S. The zero-order chi connectivity index (χ0) is 18.8. The van der Waals surface area contributed by atoms with Crippen molar-refractivity contribution in [3.63, 3.8) is 0 Å². The molecule has 0 saturated carbocycles. The van der Waals surface area contributed by atoms with E-state index < -0.39 is 27.7 Å². The highest BCUT2D eigenvalue weighted by Gasteiger charge is 2.35. The lowest BCUT2D eigenvalue weighted by Crippen LogP contribution is -2.15. The van der Waals surface area contributed by atoms with Gasteiger partial charge in [0, 0.05) is 12.5 Å². The molecule has 1 aromatic heterocycles. The van der Waals surface area contributed by atoms with Crippen LogP contribution >= 0.6 is 0 Å². The molecule has 25 heavy (non-hydrogen) atoms. The van der Waals surface area contributed by atoms with E-state index in [1.165, 1.54) is 31.2 Å². The highest BCUT2D eigenvalue weighted by atomic mass is 32.2. The van der Waals surface area contributed by atoms with Crippen molar-refractivity contribution in [1.29, 1.82) is 0 Å². The minimum absolute atomic E-state index is 0.0138. The van der Waals surface area contributed by atoms with Crippen molar-refractivity contribution in [2.45, 2.75) is 24.1 Å². The highest BCUT2D eigenvalue weighted by molar-refractivity contribution is 7.90. The first-order chi connectivity index (χ1) is 11.5. The van der Waals surface area contributed by atoms with Gasteiger partial charge in [-0.15, -0.1) is 0 Å². The second-order valence-corrected chi connectivity index (χ2v) is 7.51. The van der Waals surface area contributed by atoms with Gasteiger partial charge in [0.05, 0.1) is 22.1 Å². The second kappa shape index (κ2) is 7.01. The normalized spacial score (nSPS) is 13.5. The SMILES string of the molecule is CC(O)COc1nccc(C(F)(F)F)c1-c1ccc(S(C)(=O)=O)cc1. The monoisotopic (exact) mass is 375 g/mol. The lowest BCUT2D eigenvalue weighted by atomic mass is 10.0. The van der Waals surface area contributed by atoms with Gasteiger partial charge in [-0.25, -0.2) is 13.4 Å². The van der Waals surface area contributed by atoms with Crippen LogP contribution in [-0.4, -0.2) is 37.5 Å². The number of sulfone groups is 1. The topological polar surface area (TPSA) is 76.5 Å². The molecule has 5 nitrogen and oxygen atoms in total. The van der Waals surface area contributed by atoms with E-state index in [0.717, 1.165) is 18.5 Å². The third-order valence-corrected chi connectivity index (χ3v) is 4.38. The summed E-state index contributed by atoms with van der Waals surface area (Å²) < 4.78 is 68.3. The number of hydrogen-bond acceptors (Lipinski definition) is 5. The highest BCUT2D eigenvalue weighted by Crippen LogP contribution is 2.41. The lowest BCUT2D eigenvalue weighted by molar-refractivity contribution is -0.137. The summed E-state index contributed by atoms with van der Waals surface area (Å²) >= 11 is 0. The van der Waals surface area contributed by atoms with Gasteiger partial charge in [0.1, 0.15) is 6.61 Å². The van der Waals surface area contributed by atoms with Crippen LogP contribution in [0.1, 0.15) is 12.5 Å². The molecule has 2 rings (SSSR count). The Morgan fingerprint density at radius 2 is 1.80 bits per heavy atom. The molecule has 1 unspecified atom stereocenters. The van der Waals surface area contributed by atoms with E-state index in [9.17, 15) is 26.7 Å². The van der Waals surface area contributed by atoms with E-state index in [0.29, 0.717) is 0 Å². The number of nitrogens with zero attached hydrogens (tertiary/aromatic N) is 1. The lowest BCUT2D eigenvalue weighted by Gasteiger charge is -2.17. The molecule has 1 N–H and O–H groups in total. The number of aromatic nitrogens is 1. The molecule has 0 fully saturated rings. The Bertz CT molecular complexity index is 847. The van der Waals surface area contributed by atoms with Gasteiger partial charge in [0.25, 0.3) is 0 Å². The van der Waals surface area contributed by atoms with Crippen LogP contribution in [0.15, 0.2) is 41.4 Å².